The van der Waals surface area contributed by atoms with Gasteiger partial charge < -0.3 is 19.8 Å². The van der Waals surface area contributed by atoms with E-state index in [4.69, 9.17) is 9.47 Å². The number of hydrogen-bond donors (Lipinski definition) is 2. The van der Waals surface area contributed by atoms with Crippen LogP contribution < -0.4 is 14.8 Å². The largest absolute Gasteiger partial charge is 0.486 e. The minimum atomic E-state index is -0.193. The lowest BCUT2D eigenvalue weighted by Crippen LogP contribution is -2.23. The molecule has 0 saturated carbocycles. The van der Waals surface area contributed by atoms with Crippen molar-refractivity contribution < 1.29 is 19.1 Å². The number of imidazole rings is 1. The van der Waals surface area contributed by atoms with E-state index in [0.717, 1.165) is 11.0 Å². The number of nitrogens with one attached hydrogen (secondary N) is 2. The summed E-state index contributed by atoms with van der Waals surface area (Å²) in [4.78, 5) is 31.9. The van der Waals surface area contributed by atoms with E-state index in [1.165, 1.54) is 0 Å². The lowest BCUT2D eigenvalue weighted by atomic mass is 10.1. The molecule has 138 valence electrons. The molecule has 2 heterocycles. The van der Waals surface area contributed by atoms with Crippen LogP contribution in [0.1, 0.15) is 29.0 Å². The van der Waals surface area contributed by atoms with Crippen molar-refractivity contribution in [3.05, 3.63) is 53.9 Å². The van der Waals surface area contributed by atoms with E-state index in [0.29, 0.717) is 42.6 Å². The van der Waals surface area contributed by atoms with Crippen molar-refractivity contribution in [2.75, 3.05) is 13.2 Å². The summed E-state index contributed by atoms with van der Waals surface area (Å²) < 4.78 is 10.9. The molecule has 0 saturated heterocycles. The number of carbonyl (C=O) groups is 2. The molecule has 0 bridgehead atoms. The molecular weight excluding hydrogens is 346 g/mol. The summed E-state index contributed by atoms with van der Waals surface area (Å²) in [6.45, 7) is 1.27. The van der Waals surface area contributed by atoms with Crippen LogP contribution >= 0.6 is 0 Å². The van der Waals surface area contributed by atoms with Gasteiger partial charge in [0, 0.05) is 18.4 Å². The maximum Gasteiger partial charge on any atom is 0.220 e. The monoisotopic (exact) mass is 365 g/mol. The summed E-state index contributed by atoms with van der Waals surface area (Å²) in [6.07, 6.45) is 0.249. The van der Waals surface area contributed by atoms with Crippen LogP contribution in [0.4, 0.5) is 0 Å². The van der Waals surface area contributed by atoms with Crippen LogP contribution in [-0.4, -0.2) is 34.9 Å². The third kappa shape index (κ3) is 3.92. The van der Waals surface area contributed by atoms with Crippen molar-refractivity contribution in [2.45, 2.75) is 19.4 Å². The highest BCUT2D eigenvalue weighted by Crippen LogP contribution is 2.31. The van der Waals surface area contributed by atoms with Gasteiger partial charge in [0.25, 0.3) is 0 Å². The Morgan fingerprint density at radius 1 is 1.04 bits per heavy atom. The van der Waals surface area contributed by atoms with Gasteiger partial charge in [0.2, 0.25) is 5.91 Å². The van der Waals surface area contributed by atoms with Gasteiger partial charge in [-0.25, -0.2) is 4.98 Å². The lowest BCUT2D eigenvalue weighted by Gasteiger charge is -2.18. The molecule has 4 rings (SSSR count). The van der Waals surface area contributed by atoms with E-state index in [9.17, 15) is 9.59 Å². The number of hydrogen-bond acceptors (Lipinski definition) is 5. The molecule has 1 amide bonds. The summed E-state index contributed by atoms with van der Waals surface area (Å²) in [5, 5.41) is 2.79. The number of ketones is 1. The molecule has 0 atom stereocenters. The number of ether oxygens (including phenoxy) is 2. The fourth-order valence-corrected chi connectivity index (χ4v) is 2.95. The molecule has 0 unspecified atom stereocenters. The van der Waals surface area contributed by atoms with Gasteiger partial charge in [-0.15, -0.1) is 0 Å². The van der Waals surface area contributed by atoms with Crippen molar-refractivity contribution in [3.8, 4) is 11.5 Å². The van der Waals surface area contributed by atoms with Crippen LogP contribution in [0, 0.1) is 0 Å². The topological polar surface area (TPSA) is 93.3 Å². The fourth-order valence-electron chi connectivity index (χ4n) is 2.95. The van der Waals surface area contributed by atoms with Crippen molar-refractivity contribution in [3.63, 3.8) is 0 Å². The van der Waals surface area contributed by atoms with Crippen molar-refractivity contribution in [1.29, 1.82) is 0 Å². The Morgan fingerprint density at radius 3 is 2.70 bits per heavy atom. The molecule has 0 spiro atoms. The fraction of sp³-hybridized carbons (Fsp3) is 0.250. The number of aromatic amines is 1. The number of fused-ring (bicyclic) bond motifs is 2. The van der Waals surface area contributed by atoms with Crippen LogP contribution in [0.25, 0.3) is 11.0 Å². The Kier molecular flexibility index (Phi) is 4.74. The molecule has 7 heteroatoms. The molecule has 1 aliphatic heterocycles. The van der Waals surface area contributed by atoms with Gasteiger partial charge in [0.15, 0.2) is 17.3 Å². The van der Waals surface area contributed by atoms with Crippen molar-refractivity contribution >= 4 is 22.7 Å². The number of aromatic nitrogens is 2. The van der Waals surface area contributed by atoms with Crippen molar-refractivity contribution in [1.82, 2.24) is 15.3 Å². The second-order valence-corrected chi connectivity index (χ2v) is 6.26. The SMILES string of the molecule is O=C(CCC(=O)c1ccc2c(c1)OCCO2)NCc1nc2ccccc2[nH]1. The first-order chi connectivity index (χ1) is 13.2. The van der Waals surface area contributed by atoms with Gasteiger partial charge in [0.1, 0.15) is 19.0 Å². The number of rotatable bonds is 6. The van der Waals surface area contributed by atoms with E-state index in [1.807, 2.05) is 24.3 Å². The smallest absolute Gasteiger partial charge is 0.220 e. The molecular formula is C20H19N3O4. The third-order valence-electron chi connectivity index (χ3n) is 4.33. The first-order valence-electron chi connectivity index (χ1n) is 8.82. The van der Waals surface area contributed by atoms with Gasteiger partial charge in [-0.2, -0.15) is 0 Å². The Hall–Kier alpha value is -3.35. The number of amides is 1. The zero-order chi connectivity index (χ0) is 18.6. The molecule has 1 aromatic heterocycles. The van der Waals surface area contributed by atoms with E-state index in [2.05, 4.69) is 15.3 Å². The average molecular weight is 365 g/mol. The van der Waals surface area contributed by atoms with Gasteiger partial charge >= 0.3 is 0 Å². The van der Waals surface area contributed by atoms with E-state index >= 15 is 0 Å². The maximum absolute atomic E-state index is 12.3. The predicted molar refractivity (Wildman–Crippen MR) is 98.9 cm³/mol. The minimum absolute atomic E-state index is 0.106. The molecule has 2 aromatic carbocycles. The normalized spacial score (nSPS) is 12.7. The Morgan fingerprint density at radius 2 is 1.85 bits per heavy atom. The number of para-hydroxylation sites is 2. The van der Waals surface area contributed by atoms with E-state index < -0.39 is 0 Å². The predicted octanol–water partition coefficient (Wildman–Crippen LogP) is 2.61. The molecule has 0 fully saturated rings. The molecule has 1 aliphatic rings. The standard InChI is InChI=1S/C20H19N3O4/c24-16(13-5-7-17-18(11-13)27-10-9-26-17)6-8-20(25)21-12-19-22-14-3-1-2-4-15(14)23-19/h1-5,7,11H,6,8-10,12H2,(H,21,25)(H,22,23). The summed E-state index contributed by atoms with van der Waals surface area (Å²) in [5.41, 5.74) is 2.30. The van der Waals surface area contributed by atoms with Gasteiger partial charge in [0.05, 0.1) is 17.6 Å². The maximum atomic E-state index is 12.3. The number of carbonyl (C=O) groups excluding carboxylic acids is 2. The Bertz CT molecular complexity index is 963. The highest BCUT2D eigenvalue weighted by Gasteiger charge is 2.16. The molecule has 0 aliphatic carbocycles. The van der Waals surface area contributed by atoms with Crippen LogP contribution in [-0.2, 0) is 11.3 Å². The Labute approximate surface area is 155 Å². The highest BCUT2D eigenvalue weighted by atomic mass is 16.6. The number of benzene rings is 2. The first kappa shape index (κ1) is 17.1. The number of H-pyrrole nitrogens is 1. The summed E-state index contributed by atoms with van der Waals surface area (Å²) in [5.74, 6) is 1.60. The second kappa shape index (κ2) is 7.49. The summed E-state index contributed by atoms with van der Waals surface area (Å²) >= 11 is 0. The molecule has 27 heavy (non-hydrogen) atoms. The van der Waals surface area contributed by atoms with Crippen LogP contribution in [0.3, 0.4) is 0 Å². The zero-order valence-corrected chi connectivity index (χ0v) is 14.7. The quantitative estimate of drug-likeness (QED) is 0.655. The van der Waals surface area contributed by atoms with Gasteiger partial charge in [-0.1, -0.05) is 12.1 Å². The van der Waals surface area contributed by atoms with Gasteiger partial charge in [-0.3, -0.25) is 9.59 Å². The molecule has 2 N–H and O–H groups in total. The molecule has 7 nitrogen and oxygen atoms in total. The number of nitrogens with zero attached hydrogens (tertiary/aromatic N) is 1. The van der Waals surface area contributed by atoms with Crippen molar-refractivity contribution in [2.24, 2.45) is 0 Å². The molecule has 0 radical (unpaired) electrons. The second-order valence-electron chi connectivity index (χ2n) is 6.26. The summed E-state index contributed by atoms with van der Waals surface area (Å²) in [6, 6.07) is 12.8. The Balaban J connectivity index is 1.29. The van der Waals surface area contributed by atoms with Gasteiger partial charge in [-0.05, 0) is 30.3 Å². The first-order valence-corrected chi connectivity index (χ1v) is 8.82. The minimum Gasteiger partial charge on any atom is -0.486 e. The highest BCUT2D eigenvalue weighted by molar-refractivity contribution is 5.98. The van der Waals surface area contributed by atoms with E-state index in [1.54, 1.807) is 18.2 Å². The third-order valence-corrected chi connectivity index (χ3v) is 4.33. The lowest BCUT2D eigenvalue weighted by molar-refractivity contribution is -0.121. The van der Waals surface area contributed by atoms with Crippen LogP contribution in [0.5, 0.6) is 11.5 Å². The number of Topliss-reactive ketones (excluding diaryl/α,β-unsaturated/α-hetero) is 1. The summed E-state index contributed by atoms with van der Waals surface area (Å²) in [7, 11) is 0. The van der Waals surface area contributed by atoms with Crippen LogP contribution in [0.2, 0.25) is 0 Å². The molecule has 3 aromatic rings. The van der Waals surface area contributed by atoms with E-state index in [-0.39, 0.29) is 24.5 Å². The average Bonchev–Trinajstić information content (AvgIpc) is 3.13. The zero-order valence-electron chi connectivity index (χ0n) is 14.7. The van der Waals surface area contributed by atoms with Crippen LogP contribution in [0.15, 0.2) is 42.5 Å².